The molecule has 2 saturated heterocycles. The zero-order chi connectivity index (χ0) is 22.0. The molecule has 32 heavy (non-hydrogen) atoms. The van der Waals surface area contributed by atoms with Crippen LogP contribution in [0.2, 0.25) is 0 Å². The van der Waals surface area contributed by atoms with E-state index in [0.29, 0.717) is 25.3 Å². The first-order chi connectivity index (χ1) is 14.8. The number of rotatable bonds is 6. The number of halogens is 4. The lowest BCUT2D eigenvalue weighted by Gasteiger charge is -2.36. The Morgan fingerprint density at radius 3 is 2.06 bits per heavy atom. The van der Waals surface area contributed by atoms with E-state index in [1.54, 1.807) is 6.07 Å². The van der Waals surface area contributed by atoms with Gasteiger partial charge in [-0.05, 0) is 50.4 Å². The number of nitrogens with zero attached hydrogens (tertiary/aromatic N) is 3. The number of hydrogen-bond acceptors (Lipinski definition) is 4. The van der Waals surface area contributed by atoms with Gasteiger partial charge in [0.1, 0.15) is 0 Å². The lowest BCUT2D eigenvalue weighted by Crippen LogP contribution is -2.46. The fourth-order valence-corrected chi connectivity index (χ4v) is 5.17. The monoisotopic (exact) mass is 473 g/mol. The molecule has 178 valence electrons. The van der Waals surface area contributed by atoms with E-state index in [0.717, 1.165) is 64.2 Å². The number of hydrogen-bond donors (Lipinski definition) is 0. The van der Waals surface area contributed by atoms with Gasteiger partial charge in [0.15, 0.2) is 0 Å². The minimum atomic E-state index is -4.33. The first-order valence-corrected chi connectivity index (χ1v) is 11.3. The number of anilines is 1. The summed E-state index contributed by atoms with van der Waals surface area (Å²) < 4.78 is 38.8. The number of piperazine rings is 1. The van der Waals surface area contributed by atoms with Crippen molar-refractivity contribution in [1.29, 1.82) is 0 Å². The third-order valence-electron chi connectivity index (χ3n) is 6.95. The van der Waals surface area contributed by atoms with Crippen molar-refractivity contribution < 1.29 is 22.8 Å². The minimum absolute atomic E-state index is 0. The Kier molecular flexibility index (Phi) is 8.09. The fraction of sp³-hybridized carbons (Fsp3) is 0.652. The van der Waals surface area contributed by atoms with Crippen LogP contribution < -0.4 is 4.90 Å². The molecule has 0 bridgehead atoms. The van der Waals surface area contributed by atoms with Crippen LogP contribution in [0.4, 0.5) is 18.9 Å². The number of carbonyl (C=O) groups excluding carboxylic acids is 2. The Morgan fingerprint density at radius 1 is 0.875 bits per heavy atom. The molecule has 4 rings (SSSR count). The van der Waals surface area contributed by atoms with Crippen LogP contribution in [0.5, 0.6) is 0 Å². The summed E-state index contributed by atoms with van der Waals surface area (Å²) in [7, 11) is 0. The lowest BCUT2D eigenvalue weighted by molar-refractivity contribution is -0.140. The second-order valence-electron chi connectivity index (χ2n) is 8.91. The van der Waals surface area contributed by atoms with E-state index >= 15 is 0 Å². The van der Waals surface area contributed by atoms with Gasteiger partial charge in [-0.1, -0.05) is 18.9 Å². The van der Waals surface area contributed by atoms with Gasteiger partial charge in [-0.3, -0.25) is 19.4 Å². The van der Waals surface area contributed by atoms with E-state index in [4.69, 9.17) is 0 Å². The van der Waals surface area contributed by atoms with Crippen LogP contribution in [0.25, 0.3) is 0 Å². The molecule has 3 aliphatic rings. The summed E-state index contributed by atoms with van der Waals surface area (Å²) in [5, 5.41) is 0. The van der Waals surface area contributed by atoms with Gasteiger partial charge in [0.2, 0.25) is 11.8 Å². The molecule has 0 radical (unpaired) electrons. The van der Waals surface area contributed by atoms with Gasteiger partial charge in [-0.15, -0.1) is 12.4 Å². The predicted octanol–water partition coefficient (Wildman–Crippen LogP) is 4.20. The number of fused-ring (bicyclic) bond motifs is 1. The first-order valence-electron chi connectivity index (χ1n) is 11.3. The zero-order valence-corrected chi connectivity index (χ0v) is 19.0. The van der Waals surface area contributed by atoms with Crippen LogP contribution in [-0.4, -0.2) is 60.9 Å². The standard InChI is InChI=1S/C23H30F3N3O2.ClH/c24-23(25,26)17-6-5-7-18(16-17)28-14-12-27(13-15-28)10-3-4-11-29-21(30)19-8-1-2-9-20(19)22(29)31;/h5-7,16,19-20H,1-4,8-15H2;1H. The third-order valence-corrected chi connectivity index (χ3v) is 6.95. The summed E-state index contributed by atoms with van der Waals surface area (Å²) in [6.45, 7) is 4.35. The molecule has 2 unspecified atom stereocenters. The normalized spacial score (nSPS) is 24.5. The van der Waals surface area contributed by atoms with Gasteiger partial charge >= 0.3 is 6.18 Å². The quantitative estimate of drug-likeness (QED) is 0.458. The van der Waals surface area contributed by atoms with E-state index in [1.807, 2.05) is 4.90 Å². The van der Waals surface area contributed by atoms with Crippen molar-refractivity contribution in [1.82, 2.24) is 9.80 Å². The van der Waals surface area contributed by atoms with Gasteiger partial charge in [-0.25, -0.2) is 0 Å². The van der Waals surface area contributed by atoms with Crippen LogP contribution in [-0.2, 0) is 15.8 Å². The molecule has 0 spiro atoms. The highest BCUT2D eigenvalue weighted by molar-refractivity contribution is 6.05. The second-order valence-corrected chi connectivity index (χ2v) is 8.91. The smallest absolute Gasteiger partial charge is 0.369 e. The van der Waals surface area contributed by atoms with Crippen LogP contribution in [0.15, 0.2) is 24.3 Å². The molecule has 2 atom stereocenters. The second kappa shape index (κ2) is 10.4. The SMILES string of the molecule is Cl.O=C1C2CCCCC2C(=O)N1CCCCN1CCN(c2cccc(C(F)(F)F)c2)CC1. The molecular weight excluding hydrogens is 443 g/mol. The average Bonchev–Trinajstić information content (AvgIpc) is 3.01. The maximum absolute atomic E-state index is 12.9. The van der Waals surface area contributed by atoms with Crippen molar-refractivity contribution in [2.24, 2.45) is 11.8 Å². The number of imide groups is 1. The zero-order valence-electron chi connectivity index (χ0n) is 18.1. The molecule has 1 aliphatic carbocycles. The Labute approximate surface area is 193 Å². The molecule has 9 heteroatoms. The van der Waals surface area contributed by atoms with E-state index in [9.17, 15) is 22.8 Å². The minimum Gasteiger partial charge on any atom is -0.369 e. The summed E-state index contributed by atoms with van der Waals surface area (Å²) in [4.78, 5) is 30.8. The van der Waals surface area contributed by atoms with Crippen LogP contribution in [0.3, 0.4) is 0 Å². The average molecular weight is 474 g/mol. The van der Waals surface area contributed by atoms with Gasteiger partial charge in [0.25, 0.3) is 0 Å². The Balaban J connectivity index is 0.00000289. The number of unbranched alkanes of at least 4 members (excludes halogenated alkanes) is 1. The van der Waals surface area contributed by atoms with Crippen molar-refractivity contribution in [2.45, 2.75) is 44.7 Å². The molecule has 1 aromatic rings. The summed E-state index contributed by atoms with van der Waals surface area (Å²) in [5.41, 5.74) is 0.000259. The Morgan fingerprint density at radius 2 is 1.47 bits per heavy atom. The molecule has 1 saturated carbocycles. The van der Waals surface area contributed by atoms with Crippen LogP contribution in [0.1, 0.15) is 44.1 Å². The number of amides is 2. The molecule has 2 heterocycles. The van der Waals surface area contributed by atoms with Crippen molar-refractivity contribution in [3.8, 4) is 0 Å². The largest absolute Gasteiger partial charge is 0.416 e. The highest BCUT2D eigenvalue weighted by Gasteiger charge is 2.47. The van der Waals surface area contributed by atoms with E-state index in [-0.39, 0.29) is 36.1 Å². The summed E-state index contributed by atoms with van der Waals surface area (Å²) in [6, 6.07) is 5.51. The topological polar surface area (TPSA) is 43.9 Å². The molecule has 0 aromatic heterocycles. The molecule has 2 amide bonds. The Hall–Kier alpha value is -1.80. The summed E-state index contributed by atoms with van der Waals surface area (Å²) in [5.74, 6) is -0.0934. The van der Waals surface area contributed by atoms with Crippen molar-refractivity contribution in [2.75, 3.05) is 44.2 Å². The van der Waals surface area contributed by atoms with E-state index in [2.05, 4.69) is 4.90 Å². The molecule has 3 fully saturated rings. The van der Waals surface area contributed by atoms with Crippen LogP contribution >= 0.6 is 12.4 Å². The maximum atomic E-state index is 12.9. The van der Waals surface area contributed by atoms with Gasteiger partial charge in [-0.2, -0.15) is 13.2 Å². The highest BCUT2D eigenvalue weighted by atomic mass is 35.5. The molecule has 0 N–H and O–H groups in total. The number of benzene rings is 1. The molecular formula is C23H31ClF3N3O2. The number of alkyl halides is 3. The molecule has 5 nitrogen and oxygen atoms in total. The van der Waals surface area contributed by atoms with Crippen molar-refractivity contribution in [3.63, 3.8) is 0 Å². The fourth-order valence-electron chi connectivity index (χ4n) is 5.17. The summed E-state index contributed by atoms with van der Waals surface area (Å²) >= 11 is 0. The van der Waals surface area contributed by atoms with Gasteiger partial charge in [0.05, 0.1) is 17.4 Å². The van der Waals surface area contributed by atoms with Crippen molar-refractivity contribution >= 4 is 29.9 Å². The predicted molar refractivity (Wildman–Crippen MR) is 119 cm³/mol. The van der Waals surface area contributed by atoms with Gasteiger partial charge < -0.3 is 4.90 Å². The van der Waals surface area contributed by atoms with Crippen molar-refractivity contribution in [3.05, 3.63) is 29.8 Å². The van der Waals surface area contributed by atoms with E-state index in [1.165, 1.54) is 17.0 Å². The van der Waals surface area contributed by atoms with Crippen LogP contribution in [0, 0.1) is 11.8 Å². The highest BCUT2D eigenvalue weighted by Crippen LogP contribution is 2.38. The third kappa shape index (κ3) is 5.39. The maximum Gasteiger partial charge on any atom is 0.416 e. The lowest BCUT2D eigenvalue weighted by atomic mass is 9.81. The molecule has 1 aromatic carbocycles. The molecule has 2 aliphatic heterocycles. The van der Waals surface area contributed by atoms with Gasteiger partial charge in [0, 0.05) is 38.4 Å². The number of likely N-dealkylation sites (tertiary alicyclic amines) is 1. The first kappa shape index (κ1) is 24.8. The van der Waals surface area contributed by atoms with E-state index < -0.39 is 11.7 Å². The Bertz CT molecular complexity index is 788. The summed E-state index contributed by atoms with van der Waals surface area (Å²) in [6.07, 6.45) is 1.15. The number of carbonyl (C=O) groups is 2.